The highest BCUT2D eigenvalue weighted by Crippen LogP contribution is 2.19. The Balaban J connectivity index is 2.83. The third-order valence-corrected chi connectivity index (χ3v) is 2.85. The van der Waals surface area contributed by atoms with E-state index in [1.165, 1.54) is 36.7 Å². The van der Waals surface area contributed by atoms with Gasteiger partial charge < -0.3 is 15.2 Å². The third kappa shape index (κ3) is 5.14. The lowest BCUT2D eigenvalue weighted by atomic mass is 10.1. The van der Waals surface area contributed by atoms with Gasteiger partial charge in [0.1, 0.15) is 11.8 Å². The SMILES string of the molecule is C=C/C(F)=C(/F)Oc1ccc(C(=O)N[C@H](C(=O)NO)[C@@H](C)O)cc1. The number of hydroxylamine groups is 1. The number of carbonyl (C=O) groups is 2. The number of amides is 2. The topological polar surface area (TPSA) is 108 Å². The van der Waals surface area contributed by atoms with Gasteiger partial charge in [0, 0.05) is 5.56 Å². The highest BCUT2D eigenvalue weighted by Gasteiger charge is 2.25. The minimum absolute atomic E-state index is 0.0623. The molecule has 0 aliphatic carbocycles. The number of aliphatic hydroxyl groups is 1. The zero-order chi connectivity index (χ0) is 18.3. The van der Waals surface area contributed by atoms with Gasteiger partial charge in [-0.25, -0.2) is 9.87 Å². The molecule has 1 rings (SSSR count). The monoisotopic (exact) mass is 342 g/mol. The predicted molar refractivity (Wildman–Crippen MR) is 79.4 cm³/mol. The lowest BCUT2D eigenvalue weighted by Crippen LogP contribution is -2.51. The van der Waals surface area contributed by atoms with Gasteiger partial charge >= 0.3 is 6.01 Å². The molecule has 0 aromatic heterocycles. The van der Waals surface area contributed by atoms with Crippen LogP contribution in [0.5, 0.6) is 5.75 Å². The fourth-order valence-corrected chi connectivity index (χ4v) is 1.61. The van der Waals surface area contributed by atoms with Crippen LogP contribution in [0.4, 0.5) is 8.78 Å². The van der Waals surface area contributed by atoms with Crippen molar-refractivity contribution in [2.45, 2.75) is 19.1 Å². The Labute approximate surface area is 136 Å². The van der Waals surface area contributed by atoms with Crippen molar-refractivity contribution in [1.82, 2.24) is 10.8 Å². The van der Waals surface area contributed by atoms with E-state index in [1.807, 2.05) is 0 Å². The molecule has 2 amide bonds. The van der Waals surface area contributed by atoms with Crippen molar-refractivity contribution < 1.29 is 33.4 Å². The van der Waals surface area contributed by atoms with Gasteiger partial charge in [-0.1, -0.05) is 6.58 Å². The van der Waals surface area contributed by atoms with Gasteiger partial charge in [-0.15, -0.1) is 0 Å². The molecule has 1 aromatic carbocycles. The standard InChI is InChI=1S/C15H16F2N2O5/c1-3-11(16)13(17)24-10-6-4-9(5-7-10)14(21)18-12(8(2)20)15(22)19-23/h3-8,12,20,23H,1H2,2H3,(H,18,21)(H,19,22)/b13-11+/t8-,12+/m1/s1. The molecule has 0 unspecified atom stereocenters. The van der Waals surface area contributed by atoms with Gasteiger partial charge in [0.25, 0.3) is 11.8 Å². The van der Waals surface area contributed by atoms with Crippen LogP contribution in [0.15, 0.2) is 48.8 Å². The van der Waals surface area contributed by atoms with Gasteiger partial charge in [-0.05, 0) is 37.3 Å². The summed E-state index contributed by atoms with van der Waals surface area (Å²) in [6, 6.07) is 2.03. The molecule has 0 saturated heterocycles. The van der Waals surface area contributed by atoms with Crippen LogP contribution in [0, 0.1) is 0 Å². The summed E-state index contributed by atoms with van der Waals surface area (Å²) in [6.45, 7) is 4.30. The number of benzene rings is 1. The molecule has 2 atom stereocenters. The largest absolute Gasteiger partial charge is 0.430 e. The smallest absolute Gasteiger partial charge is 0.314 e. The Morgan fingerprint density at radius 3 is 2.33 bits per heavy atom. The molecule has 0 fully saturated rings. The van der Waals surface area contributed by atoms with Crippen molar-refractivity contribution in [1.29, 1.82) is 0 Å². The molecule has 0 aliphatic heterocycles. The van der Waals surface area contributed by atoms with Crippen molar-refractivity contribution in [3.05, 3.63) is 54.3 Å². The van der Waals surface area contributed by atoms with Gasteiger partial charge in [0.15, 0.2) is 5.83 Å². The van der Waals surface area contributed by atoms with Crippen molar-refractivity contribution >= 4 is 11.8 Å². The van der Waals surface area contributed by atoms with E-state index in [9.17, 15) is 23.5 Å². The first kappa shape index (κ1) is 19.3. The van der Waals surface area contributed by atoms with Crippen LogP contribution in [-0.2, 0) is 4.79 Å². The molecule has 0 bridgehead atoms. The first-order valence-electron chi connectivity index (χ1n) is 6.68. The fraction of sp³-hybridized carbons (Fsp3) is 0.200. The van der Waals surface area contributed by atoms with Crippen molar-refractivity contribution in [2.75, 3.05) is 0 Å². The van der Waals surface area contributed by atoms with Crippen molar-refractivity contribution in [3.8, 4) is 5.75 Å². The molecule has 1 aromatic rings. The lowest BCUT2D eigenvalue weighted by Gasteiger charge is -2.19. The summed E-state index contributed by atoms with van der Waals surface area (Å²) in [5, 5.41) is 20.2. The second-order valence-corrected chi connectivity index (χ2v) is 4.62. The number of allylic oxidation sites excluding steroid dienone is 2. The zero-order valence-electron chi connectivity index (χ0n) is 12.6. The number of halogens is 2. The molecule has 7 nitrogen and oxygen atoms in total. The zero-order valence-corrected chi connectivity index (χ0v) is 12.6. The summed E-state index contributed by atoms with van der Waals surface area (Å²) in [7, 11) is 0. The second kappa shape index (κ2) is 8.75. The van der Waals surface area contributed by atoms with Crippen molar-refractivity contribution in [2.24, 2.45) is 0 Å². The number of hydrogen-bond donors (Lipinski definition) is 4. The number of ether oxygens (including phenoxy) is 1. The first-order valence-corrected chi connectivity index (χ1v) is 6.68. The number of aliphatic hydroxyl groups excluding tert-OH is 1. The van der Waals surface area contributed by atoms with Crippen LogP contribution in [0.2, 0.25) is 0 Å². The number of carbonyl (C=O) groups excluding carboxylic acids is 2. The Morgan fingerprint density at radius 1 is 1.29 bits per heavy atom. The van der Waals surface area contributed by atoms with Crippen LogP contribution in [0.25, 0.3) is 0 Å². The van der Waals surface area contributed by atoms with Crippen molar-refractivity contribution in [3.63, 3.8) is 0 Å². The summed E-state index contributed by atoms with van der Waals surface area (Å²) >= 11 is 0. The summed E-state index contributed by atoms with van der Waals surface area (Å²) < 4.78 is 30.6. The van der Waals surface area contributed by atoms with E-state index >= 15 is 0 Å². The quantitative estimate of drug-likeness (QED) is 0.259. The van der Waals surface area contributed by atoms with Gasteiger partial charge in [0.05, 0.1) is 6.10 Å². The summed E-state index contributed by atoms with van der Waals surface area (Å²) in [6.07, 6.45) is -0.621. The molecular formula is C15H16F2N2O5. The van der Waals surface area contributed by atoms with Gasteiger partial charge in [-0.2, -0.15) is 4.39 Å². The van der Waals surface area contributed by atoms with E-state index in [4.69, 9.17) is 5.21 Å². The van der Waals surface area contributed by atoms with E-state index in [-0.39, 0.29) is 11.3 Å². The van der Waals surface area contributed by atoms with Crippen LogP contribution < -0.4 is 15.5 Å². The van der Waals surface area contributed by atoms with Gasteiger partial charge in [0.2, 0.25) is 0 Å². The summed E-state index contributed by atoms with van der Waals surface area (Å²) in [4.78, 5) is 23.3. The highest BCUT2D eigenvalue weighted by atomic mass is 19.2. The van der Waals surface area contributed by atoms with E-state index in [0.717, 1.165) is 0 Å². The van der Waals surface area contributed by atoms with Crippen LogP contribution in [0.3, 0.4) is 0 Å². The molecule has 24 heavy (non-hydrogen) atoms. The second-order valence-electron chi connectivity index (χ2n) is 4.62. The molecule has 9 heteroatoms. The highest BCUT2D eigenvalue weighted by molar-refractivity contribution is 5.97. The average molecular weight is 342 g/mol. The maximum atomic E-state index is 13.2. The molecular weight excluding hydrogens is 326 g/mol. The van der Waals surface area contributed by atoms with E-state index in [0.29, 0.717) is 6.08 Å². The Bertz CT molecular complexity index is 644. The van der Waals surface area contributed by atoms with Crippen LogP contribution in [-0.4, -0.2) is 34.3 Å². The first-order chi connectivity index (χ1) is 11.3. The summed E-state index contributed by atoms with van der Waals surface area (Å²) in [5.41, 5.74) is 1.39. The molecule has 4 N–H and O–H groups in total. The van der Waals surface area contributed by atoms with E-state index in [1.54, 1.807) is 0 Å². The molecule has 0 saturated carbocycles. The molecule has 0 spiro atoms. The molecule has 0 radical (unpaired) electrons. The van der Waals surface area contributed by atoms with E-state index < -0.39 is 35.8 Å². The number of rotatable bonds is 7. The fourth-order valence-electron chi connectivity index (χ4n) is 1.61. The Morgan fingerprint density at radius 2 is 1.88 bits per heavy atom. The number of hydrogen-bond acceptors (Lipinski definition) is 5. The average Bonchev–Trinajstić information content (AvgIpc) is 2.58. The van der Waals surface area contributed by atoms with Crippen LogP contribution >= 0.6 is 0 Å². The minimum Gasteiger partial charge on any atom is -0.430 e. The Kier molecular flexibility index (Phi) is 7.02. The van der Waals surface area contributed by atoms with E-state index in [2.05, 4.69) is 16.6 Å². The Hall–Kier alpha value is -2.78. The normalized spacial score (nSPS) is 14.0. The molecule has 0 aliphatic rings. The van der Waals surface area contributed by atoms with Crippen LogP contribution in [0.1, 0.15) is 17.3 Å². The minimum atomic E-state index is -1.48. The molecule has 130 valence electrons. The van der Waals surface area contributed by atoms with Gasteiger partial charge in [-0.3, -0.25) is 14.8 Å². The summed E-state index contributed by atoms with van der Waals surface area (Å²) in [5.74, 6) is -3.07. The predicted octanol–water partition coefficient (Wildman–Crippen LogP) is 1.34. The maximum absolute atomic E-state index is 13.2. The maximum Gasteiger partial charge on any atom is 0.314 e. The third-order valence-electron chi connectivity index (χ3n) is 2.85. The molecule has 0 heterocycles. The number of nitrogens with one attached hydrogen (secondary N) is 2. The lowest BCUT2D eigenvalue weighted by molar-refractivity contribution is -0.133.